The fourth-order valence-corrected chi connectivity index (χ4v) is 0.751. The highest BCUT2D eigenvalue weighted by atomic mass is 19.4. The van der Waals surface area contributed by atoms with Crippen LogP contribution in [0.1, 0.15) is 12.7 Å². The lowest BCUT2D eigenvalue weighted by Crippen LogP contribution is -2.31. The number of ether oxygens (including phenoxy) is 1. The van der Waals surface area contributed by atoms with Crippen LogP contribution >= 0.6 is 0 Å². The van der Waals surface area contributed by atoms with E-state index in [2.05, 4.69) is 14.7 Å². The van der Waals surface area contributed by atoms with Crippen LogP contribution in [-0.4, -0.2) is 22.2 Å². The molecule has 1 aromatic rings. The minimum absolute atomic E-state index is 0.140. The Labute approximate surface area is 83.1 Å². The first-order valence-electron chi connectivity index (χ1n) is 4.03. The van der Waals surface area contributed by atoms with Gasteiger partial charge in [0.2, 0.25) is 5.82 Å². The second-order valence-corrected chi connectivity index (χ2v) is 2.87. The summed E-state index contributed by atoms with van der Waals surface area (Å²) in [5, 5.41) is 0. The van der Waals surface area contributed by atoms with Crippen LogP contribution in [-0.2, 0) is 0 Å². The Bertz CT molecular complexity index is 353. The molecule has 0 aliphatic rings. The van der Waals surface area contributed by atoms with E-state index in [1.165, 1.54) is 6.92 Å². The maximum Gasteiger partial charge on any atom is 0.425 e. The molecule has 0 fully saturated rings. The third-order valence-corrected chi connectivity index (χ3v) is 1.58. The molecule has 84 valence electrons. The lowest BCUT2D eigenvalue weighted by molar-refractivity contribution is -0.190. The van der Waals surface area contributed by atoms with Crippen molar-refractivity contribution in [3.05, 3.63) is 17.8 Å². The minimum Gasteiger partial charge on any atom is -0.463 e. The summed E-state index contributed by atoms with van der Waals surface area (Å²) in [5.74, 6) is -1.57. The molecule has 1 rings (SSSR count). The van der Waals surface area contributed by atoms with Crippen molar-refractivity contribution in [2.45, 2.75) is 26.1 Å². The SMILES string of the molecule is Cc1ncc(F)c(OC(C)C(F)(F)F)n1. The van der Waals surface area contributed by atoms with E-state index in [4.69, 9.17) is 0 Å². The van der Waals surface area contributed by atoms with Gasteiger partial charge in [0.05, 0.1) is 6.20 Å². The van der Waals surface area contributed by atoms with E-state index in [1.54, 1.807) is 0 Å². The van der Waals surface area contributed by atoms with Crippen LogP contribution < -0.4 is 4.74 Å². The molecule has 3 nitrogen and oxygen atoms in total. The van der Waals surface area contributed by atoms with Crippen molar-refractivity contribution >= 4 is 0 Å². The van der Waals surface area contributed by atoms with Crippen molar-refractivity contribution in [3.8, 4) is 5.88 Å². The lowest BCUT2D eigenvalue weighted by Gasteiger charge is -2.16. The quantitative estimate of drug-likeness (QED) is 0.722. The fourth-order valence-electron chi connectivity index (χ4n) is 0.751. The molecule has 0 spiro atoms. The Kier molecular flexibility index (Phi) is 3.11. The van der Waals surface area contributed by atoms with Gasteiger partial charge in [0.1, 0.15) is 5.82 Å². The van der Waals surface area contributed by atoms with E-state index in [0.717, 1.165) is 13.1 Å². The molecule has 0 saturated carbocycles. The summed E-state index contributed by atoms with van der Waals surface area (Å²) >= 11 is 0. The number of nitrogens with zero attached hydrogens (tertiary/aromatic N) is 2. The number of hydrogen-bond donors (Lipinski definition) is 0. The highest BCUT2D eigenvalue weighted by molar-refractivity contribution is 5.11. The monoisotopic (exact) mass is 224 g/mol. The number of hydrogen-bond acceptors (Lipinski definition) is 3. The molecule has 7 heteroatoms. The van der Waals surface area contributed by atoms with Gasteiger partial charge in [-0.1, -0.05) is 0 Å². The van der Waals surface area contributed by atoms with Gasteiger partial charge in [-0.2, -0.15) is 22.5 Å². The predicted octanol–water partition coefficient (Wildman–Crippen LogP) is 2.25. The average Bonchev–Trinajstić information content (AvgIpc) is 2.09. The Morgan fingerprint density at radius 1 is 1.40 bits per heavy atom. The van der Waals surface area contributed by atoms with Gasteiger partial charge < -0.3 is 4.74 Å². The zero-order valence-corrected chi connectivity index (χ0v) is 7.97. The maximum atomic E-state index is 12.9. The van der Waals surface area contributed by atoms with Gasteiger partial charge in [0.15, 0.2) is 6.10 Å². The van der Waals surface area contributed by atoms with Crippen molar-refractivity contribution in [1.29, 1.82) is 0 Å². The first-order chi connectivity index (χ1) is 6.80. The number of alkyl halides is 3. The van der Waals surface area contributed by atoms with E-state index < -0.39 is 24.0 Å². The number of rotatable bonds is 2. The van der Waals surface area contributed by atoms with E-state index >= 15 is 0 Å². The molecule has 15 heavy (non-hydrogen) atoms. The molecule has 0 N–H and O–H groups in total. The first-order valence-corrected chi connectivity index (χ1v) is 4.03. The molecule has 1 heterocycles. The molecular formula is C8H8F4N2O. The van der Waals surface area contributed by atoms with Crippen LogP contribution in [0.2, 0.25) is 0 Å². The van der Waals surface area contributed by atoms with Crippen molar-refractivity contribution in [1.82, 2.24) is 9.97 Å². The number of aryl methyl sites for hydroxylation is 1. The van der Waals surface area contributed by atoms with Gasteiger partial charge in [0.25, 0.3) is 5.88 Å². The van der Waals surface area contributed by atoms with Crippen LogP contribution in [0.3, 0.4) is 0 Å². The maximum absolute atomic E-state index is 12.9. The largest absolute Gasteiger partial charge is 0.463 e. The van der Waals surface area contributed by atoms with Crippen molar-refractivity contribution in [2.24, 2.45) is 0 Å². The van der Waals surface area contributed by atoms with Crippen LogP contribution in [0.5, 0.6) is 5.88 Å². The summed E-state index contributed by atoms with van der Waals surface area (Å²) in [6.07, 6.45) is -5.90. The van der Waals surface area contributed by atoms with Gasteiger partial charge in [-0.05, 0) is 13.8 Å². The first kappa shape index (κ1) is 11.7. The zero-order chi connectivity index (χ0) is 11.6. The number of aromatic nitrogens is 2. The van der Waals surface area contributed by atoms with E-state index in [0.29, 0.717) is 0 Å². The highest BCUT2D eigenvalue weighted by Gasteiger charge is 2.38. The van der Waals surface area contributed by atoms with Gasteiger partial charge in [-0.15, -0.1) is 0 Å². The Balaban J connectivity index is 2.85. The minimum atomic E-state index is -4.55. The molecule has 1 unspecified atom stereocenters. The normalized spacial score (nSPS) is 13.7. The summed E-state index contributed by atoms with van der Waals surface area (Å²) in [6, 6.07) is 0. The van der Waals surface area contributed by atoms with Crippen molar-refractivity contribution in [2.75, 3.05) is 0 Å². The van der Waals surface area contributed by atoms with Crippen LogP contribution in [0, 0.1) is 12.7 Å². The van der Waals surface area contributed by atoms with E-state index in [9.17, 15) is 17.6 Å². The summed E-state index contributed by atoms with van der Waals surface area (Å²) in [6.45, 7) is 2.20. The topological polar surface area (TPSA) is 35.0 Å². The fraction of sp³-hybridized carbons (Fsp3) is 0.500. The molecule has 0 amide bonds. The van der Waals surface area contributed by atoms with E-state index in [1.807, 2.05) is 0 Å². The van der Waals surface area contributed by atoms with Gasteiger partial charge in [-0.3, -0.25) is 0 Å². The molecule has 1 atom stereocenters. The van der Waals surface area contributed by atoms with Gasteiger partial charge >= 0.3 is 6.18 Å². The van der Waals surface area contributed by atoms with Crippen molar-refractivity contribution in [3.63, 3.8) is 0 Å². The molecule has 0 aromatic carbocycles. The molecule has 0 radical (unpaired) electrons. The van der Waals surface area contributed by atoms with Crippen LogP contribution in [0.4, 0.5) is 17.6 Å². The molecule has 0 saturated heterocycles. The lowest BCUT2D eigenvalue weighted by atomic mass is 10.4. The smallest absolute Gasteiger partial charge is 0.425 e. The predicted molar refractivity (Wildman–Crippen MR) is 42.9 cm³/mol. The van der Waals surface area contributed by atoms with E-state index in [-0.39, 0.29) is 5.82 Å². The highest BCUT2D eigenvalue weighted by Crippen LogP contribution is 2.24. The van der Waals surface area contributed by atoms with Gasteiger partial charge in [0, 0.05) is 0 Å². The third-order valence-electron chi connectivity index (χ3n) is 1.58. The second-order valence-electron chi connectivity index (χ2n) is 2.87. The second kappa shape index (κ2) is 4.00. The van der Waals surface area contributed by atoms with Crippen molar-refractivity contribution < 1.29 is 22.3 Å². The van der Waals surface area contributed by atoms with Gasteiger partial charge in [-0.25, -0.2) is 4.98 Å². The molecule has 0 bridgehead atoms. The standard InChI is InChI=1S/C8H8F4N2O/c1-4(8(10,11)12)15-7-6(9)3-13-5(2)14-7/h3-4H,1-2H3. The average molecular weight is 224 g/mol. The molecule has 1 aromatic heterocycles. The summed E-state index contributed by atoms with van der Waals surface area (Å²) in [5.41, 5.74) is 0. The summed E-state index contributed by atoms with van der Waals surface area (Å²) < 4.78 is 53.5. The third kappa shape index (κ3) is 3.03. The summed E-state index contributed by atoms with van der Waals surface area (Å²) in [4.78, 5) is 6.88. The Morgan fingerprint density at radius 3 is 2.53 bits per heavy atom. The number of halogens is 4. The Hall–Kier alpha value is -1.40. The summed E-state index contributed by atoms with van der Waals surface area (Å²) in [7, 11) is 0. The molecule has 0 aliphatic heterocycles. The molecular weight excluding hydrogens is 216 g/mol. The van der Waals surface area contributed by atoms with Crippen LogP contribution in [0.25, 0.3) is 0 Å². The van der Waals surface area contributed by atoms with Crippen LogP contribution in [0.15, 0.2) is 6.20 Å². The molecule has 0 aliphatic carbocycles. The Morgan fingerprint density at radius 2 is 2.00 bits per heavy atom. The zero-order valence-electron chi connectivity index (χ0n) is 7.97.